The second-order valence-corrected chi connectivity index (χ2v) is 4.91. The highest BCUT2D eigenvalue weighted by Crippen LogP contribution is 2.21. The van der Waals surface area contributed by atoms with Crippen molar-refractivity contribution in [3.63, 3.8) is 0 Å². The molecule has 0 radical (unpaired) electrons. The molecule has 5 nitrogen and oxygen atoms in total. The highest BCUT2D eigenvalue weighted by Gasteiger charge is 2.11. The number of nitrogens with two attached hydrogens (primary N) is 1. The third-order valence-electron chi connectivity index (χ3n) is 2.34. The van der Waals surface area contributed by atoms with Crippen LogP contribution >= 0.6 is 11.3 Å². The van der Waals surface area contributed by atoms with Crippen LogP contribution in [0.2, 0.25) is 0 Å². The van der Waals surface area contributed by atoms with Gasteiger partial charge in [0, 0.05) is 35.3 Å². The van der Waals surface area contributed by atoms with E-state index in [-0.39, 0.29) is 6.04 Å². The molecule has 0 spiro atoms. The van der Waals surface area contributed by atoms with E-state index in [1.165, 1.54) is 6.33 Å². The minimum atomic E-state index is -0.0826. The molecular formula is C11H14N4OS. The predicted molar refractivity (Wildman–Crippen MR) is 66.1 cm³/mol. The van der Waals surface area contributed by atoms with Crippen LogP contribution in [0.3, 0.4) is 0 Å². The van der Waals surface area contributed by atoms with Crippen LogP contribution in [0.1, 0.15) is 21.6 Å². The van der Waals surface area contributed by atoms with E-state index in [1.54, 1.807) is 24.5 Å². The predicted octanol–water partition coefficient (Wildman–Crippen LogP) is 1.49. The van der Waals surface area contributed by atoms with E-state index in [9.17, 15) is 0 Å². The third kappa shape index (κ3) is 2.98. The Morgan fingerprint density at radius 2 is 2.24 bits per heavy atom. The standard InChI is InChI=1S/C11H14N4OS/c1-7-13-5-10(17-7)9(12)3-8-4-11(16-2)15-6-14-8/h4-6,9H,3,12H2,1-2H3. The van der Waals surface area contributed by atoms with Crippen molar-refractivity contribution in [3.8, 4) is 5.88 Å². The van der Waals surface area contributed by atoms with E-state index in [1.807, 2.05) is 13.1 Å². The van der Waals surface area contributed by atoms with Crippen LogP contribution < -0.4 is 10.5 Å². The number of rotatable bonds is 4. The molecule has 0 fully saturated rings. The second-order valence-electron chi connectivity index (χ2n) is 3.64. The number of aryl methyl sites for hydroxylation is 1. The van der Waals surface area contributed by atoms with Crippen LogP contribution in [0.25, 0.3) is 0 Å². The molecule has 0 aromatic carbocycles. The number of methoxy groups -OCH3 is 1. The fraction of sp³-hybridized carbons (Fsp3) is 0.364. The first-order chi connectivity index (χ1) is 8.19. The summed E-state index contributed by atoms with van der Waals surface area (Å²) in [5.74, 6) is 0.558. The molecule has 1 atom stereocenters. The van der Waals surface area contributed by atoms with Gasteiger partial charge in [-0.3, -0.25) is 0 Å². The summed E-state index contributed by atoms with van der Waals surface area (Å²) in [6, 6.07) is 1.72. The summed E-state index contributed by atoms with van der Waals surface area (Å²) in [5, 5.41) is 1.02. The van der Waals surface area contributed by atoms with Crippen molar-refractivity contribution in [3.05, 3.63) is 34.2 Å². The van der Waals surface area contributed by atoms with Crippen molar-refractivity contribution >= 4 is 11.3 Å². The van der Waals surface area contributed by atoms with Crippen LogP contribution in [-0.4, -0.2) is 22.1 Å². The first kappa shape index (κ1) is 11.9. The van der Waals surface area contributed by atoms with Crippen molar-refractivity contribution in [2.75, 3.05) is 7.11 Å². The molecule has 0 amide bonds. The monoisotopic (exact) mass is 250 g/mol. The largest absolute Gasteiger partial charge is 0.481 e. The van der Waals surface area contributed by atoms with Gasteiger partial charge in [0.05, 0.1) is 12.1 Å². The van der Waals surface area contributed by atoms with E-state index >= 15 is 0 Å². The van der Waals surface area contributed by atoms with Gasteiger partial charge in [-0.2, -0.15) is 0 Å². The Balaban J connectivity index is 2.09. The van der Waals surface area contributed by atoms with Crippen LogP contribution in [0.15, 0.2) is 18.6 Å². The van der Waals surface area contributed by atoms with Crippen LogP contribution in [-0.2, 0) is 6.42 Å². The van der Waals surface area contributed by atoms with E-state index in [0.29, 0.717) is 12.3 Å². The smallest absolute Gasteiger partial charge is 0.216 e. The number of aromatic nitrogens is 3. The quantitative estimate of drug-likeness (QED) is 0.890. The Hall–Kier alpha value is -1.53. The lowest BCUT2D eigenvalue weighted by Gasteiger charge is -2.08. The number of hydrogen-bond donors (Lipinski definition) is 1. The second kappa shape index (κ2) is 5.20. The molecule has 0 aliphatic rings. The Kier molecular flexibility index (Phi) is 3.65. The summed E-state index contributed by atoms with van der Waals surface area (Å²) in [5.41, 5.74) is 6.97. The maximum atomic E-state index is 6.10. The minimum Gasteiger partial charge on any atom is -0.481 e. The van der Waals surface area contributed by atoms with Crippen LogP contribution in [0, 0.1) is 6.92 Å². The fourth-order valence-electron chi connectivity index (χ4n) is 1.48. The lowest BCUT2D eigenvalue weighted by atomic mass is 10.1. The molecule has 90 valence electrons. The highest BCUT2D eigenvalue weighted by atomic mass is 32.1. The Bertz CT molecular complexity index is 500. The molecular weight excluding hydrogens is 236 g/mol. The molecule has 0 bridgehead atoms. The topological polar surface area (TPSA) is 73.9 Å². The van der Waals surface area contributed by atoms with Gasteiger partial charge in [-0.15, -0.1) is 11.3 Å². The molecule has 1 unspecified atom stereocenters. The molecule has 2 aromatic rings. The van der Waals surface area contributed by atoms with Gasteiger partial charge < -0.3 is 10.5 Å². The zero-order valence-electron chi connectivity index (χ0n) is 9.75. The van der Waals surface area contributed by atoms with Crippen molar-refractivity contribution < 1.29 is 4.74 Å². The lowest BCUT2D eigenvalue weighted by Crippen LogP contribution is -2.12. The van der Waals surface area contributed by atoms with Crippen LogP contribution in [0.4, 0.5) is 0 Å². The van der Waals surface area contributed by atoms with Gasteiger partial charge in [0.2, 0.25) is 5.88 Å². The number of ether oxygens (including phenoxy) is 1. The van der Waals surface area contributed by atoms with E-state index in [4.69, 9.17) is 10.5 Å². The van der Waals surface area contributed by atoms with Gasteiger partial charge in [0.1, 0.15) is 6.33 Å². The van der Waals surface area contributed by atoms with Gasteiger partial charge in [0.15, 0.2) is 0 Å². The Morgan fingerprint density at radius 3 is 2.88 bits per heavy atom. The average molecular weight is 250 g/mol. The number of thiazole rings is 1. The zero-order chi connectivity index (χ0) is 12.3. The van der Waals surface area contributed by atoms with Crippen molar-refractivity contribution in [1.29, 1.82) is 0 Å². The number of nitrogens with zero attached hydrogens (tertiary/aromatic N) is 3. The molecule has 0 saturated carbocycles. The summed E-state index contributed by atoms with van der Waals surface area (Å²) in [6.45, 7) is 1.97. The fourth-order valence-corrected chi connectivity index (χ4v) is 2.26. The third-order valence-corrected chi connectivity index (χ3v) is 3.39. The lowest BCUT2D eigenvalue weighted by molar-refractivity contribution is 0.395. The normalized spacial score (nSPS) is 12.4. The number of hydrogen-bond acceptors (Lipinski definition) is 6. The van der Waals surface area contributed by atoms with E-state index in [0.717, 1.165) is 15.6 Å². The summed E-state index contributed by atoms with van der Waals surface area (Å²) in [6.07, 6.45) is 3.96. The van der Waals surface area contributed by atoms with Gasteiger partial charge in [0.25, 0.3) is 0 Å². The molecule has 0 saturated heterocycles. The molecule has 2 aromatic heterocycles. The van der Waals surface area contributed by atoms with Gasteiger partial charge in [-0.05, 0) is 6.92 Å². The summed E-state index contributed by atoms with van der Waals surface area (Å²) < 4.78 is 5.04. The highest BCUT2D eigenvalue weighted by molar-refractivity contribution is 7.11. The average Bonchev–Trinajstić information content (AvgIpc) is 2.76. The molecule has 2 rings (SSSR count). The van der Waals surface area contributed by atoms with Gasteiger partial charge in [-0.25, -0.2) is 15.0 Å². The summed E-state index contributed by atoms with van der Waals surface area (Å²) >= 11 is 1.61. The maximum Gasteiger partial charge on any atom is 0.216 e. The van der Waals surface area contributed by atoms with E-state index < -0.39 is 0 Å². The Labute approximate surface area is 104 Å². The zero-order valence-corrected chi connectivity index (χ0v) is 10.6. The molecule has 0 aliphatic carbocycles. The van der Waals surface area contributed by atoms with Crippen molar-refractivity contribution in [2.24, 2.45) is 5.73 Å². The molecule has 2 heterocycles. The van der Waals surface area contributed by atoms with Crippen molar-refractivity contribution in [1.82, 2.24) is 15.0 Å². The molecule has 2 N–H and O–H groups in total. The Morgan fingerprint density at radius 1 is 1.41 bits per heavy atom. The molecule has 17 heavy (non-hydrogen) atoms. The van der Waals surface area contributed by atoms with Crippen molar-refractivity contribution in [2.45, 2.75) is 19.4 Å². The molecule has 0 aliphatic heterocycles. The summed E-state index contributed by atoms with van der Waals surface area (Å²) in [7, 11) is 1.58. The molecule has 6 heteroatoms. The van der Waals surface area contributed by atoms with Crippen LogP contribution in [0.5, 0.6) is 5.88 Å². The minimum absolute atomic E-state index is 0.0826. The first-order valence-electron chi connectivity index (χ1n) is 5.22. The van der Waals surface area contributed by atoms with Gasteiger partial charge >= 0.3 is 0 Å². The first-order valence-corrected chi connectivity index (χ1v) is 6.03. The summed E-state index contributed by atoms with van der Waals surface area (Å²) in [4.78, 5) is 13.4. The maximum absolute atomic E-state index is 6.10. The SMILES string of the molecule is COc1cc(CC(N)c2cnc(C)s2)ncn1. The van der Waals surface area contributed by atoms with Gasteiger partial charge in [-0.1, -0.05) is 0 Å². The van der Waals surface area contributed by atoms with E-state index in [2.05, 4.69) is 15.0 Å².